The standard InChI is InChI=1S/C13H24N2OS/c1-6-11-7-14-12(17-11)10(4)15-8-13(5,16)9(2)3/h7,9-10,15-16H,6,8H2,1-5H3. The molecule has 0 saturated carbocycles. The average molecular weight is 256 g/mol. The molecule has 1 rings (SSSR count). The van der Waals surface area contributed by atoms with E-state index >= 15 is 0 Å². The topological polar surface area (TPSA) is 45.2 Å². The van der Waals surface area contributed by atoms with Crippen molar-refractivity contribution in [3.8, 4) is 0 Å². The summed E-state index contributed by atoms with van der Waals surface area (Å²) in [4.78, 5) is 5.72. The average Bonchev–Trinajstić information content (AvgIpc) is 2.74. The van der Waals surface area contributed by atoms with Crippen molar-refractivity contribution in [3.05, 3.63) is 16.1 Å². The molecule has 2 N–H and O–H groups in total. The lowest BCUT2D eigenvalue weighted by Gasteiger charge is -2.29. The third-order valence-electron chi connectivity index (χ3n) is 3.30. The van der Waals surface area contributed by atoms with Crippen LogP contribution in [0.25, 0.3) is 0 Å². The van der Waals surface area contributed by atoms with Gasteiger partial charge in [-0.05, 0) is 26.2 Å². The number of nitrogens with zero attached hydrogens (tertiary/aromatic N) is 1. The molecule has 1 aromatic rings. The second kappa shape index (κ2) is 5.94. The highest BCUT2D eigenvalue weighted by Crippen LogP contribution is 2.22. The van der Waals surface area contributed by atoms with Gasteiger partial charge in [0.1, 0.15) is 5.01 Å². The quantitative estimate of drug-likeness (QED) is 0.822. The van der Waals surface area contributed by atoms with E-state index in [1.54, 1.807) is 11.3 Å². The van der Waals surface area contributed by atoms with E-state index < -0.39 is 5.60 Å². The second-order valence-electron chi connectivity index (χ2n) is 5.13. The molecule has 4 heteroatoms. The van der Waals surface area contributed by atoms with Crippen molar-refractivity contribution in [3.63, 3.8) is 0 Å². The number of hydrogen-bond donors (Lipinski definition) is 2. The predicted molar refractivity (Wildman–Crippen MR) is 73.4 cm³/mol. The second-order valence-corrected chi connectivity index (χ2v) is 6.28. The summed E-state index contributed by atoms with van der Waals surface area (Å²) < 4.78 is 0. The first kappa shape index (κ1) is 14.6. The highest BCUT2D eigenvalue weighted by atomic mass is 32.1. The van der Waals surface area contributed by atoms with E-state index in [0.717, 1.165) is 11.4 Å². The molecule has 0 saturated heterocycles. The van der Waals surface area contributed by atoms with Gasteiger partial charge >= 0.3 is 0 Å². The largest absolute Gasteiger partial charge is 0.389 e. The molecule has 0 bridgehead atoms. The number of aliphatic hydroxyl groups is 1. The Morgan fingerprint density at radius 3 is 2.59 bits per heavy atom. The predicted octanol–water partition coefficient (Wildman–Crippen LogP) is 2.76. The van der Waals surface area contributed by atoms with Gasteiger partial charge in [0.25, 0.3) is 0 Å². The van der Waals surface area contributed by atoms with Crippen molar-refractivity contribution in [1.82, 2.24) is 10.3 Å². The van der Waals surface area contributed by atoms with E-state index in [0.29, 0.717) is 6.54 Å². The van der Waals surface area contributed by atoms with Gasteiger partial charge in [-0.2, -0.15) is 0 Å². The smallest absolute Gasteiger partial charge is 0.109 e. The van der Waals surface area contributed by atoms with Crippen LogP contribution in [0.4, 0.5) is 0 Å². The summed E-state index contributed by atoms with van der Waals surface area (Å²) >= 11 is 1.74. The molecule has 0 amide bonds. The van der Waals surface area contributed by atoms with Gasteiger partial charge in [0.05, 0.1) is 11.6 Å². The summed E-state index contributed by atoms with van der Waals surface area (Å²) in [5.74, 6) is 0.240. The van der Waals surface area contributed by atoms with E-state index in [1.807, 2.05) is 27.0 Å². The van der Waals surface area contributed by atoms with Crippen LogP contribution < -0.4 is 5.32 Å². The summed E-state index contributed by atoms with van der Waals surface area (Å²) in [5, 5.41) is 14.6. The number of rotatable bonds is 6. The van der Waals surface area contributed by atoms with Crippen LogP contribution in [-0.4, -0.2) is 22.2 Å². The SMILES string of the molecule is CCc1cnc(C(C)NCC(C)(O)C(C)C)s1. The summed E-state index contributed by atoms with van der Waals surface area (Å²) in [6, 6.07) is 0.200. The van der Waals surface area contributed by atoms with Gasteiger partial charge in [-0.25, -0.2) is 4.98 Å². The number of hydrogen-bond acceptors (Lipinski definition) is 4. The molecule has 2 unspecified atom stereocenters. The maximum Gasteiger partial charge on any atom is 0.109 e. The fourth-order valence-electron chi connectivity index (χ4n) is 1.34. The molecule has 0 radical (unpaired) electrons. The lowest BCUT2D eigenvalue weighted by atomic mass is 9.92. The Bertz CT molecular complexity index is 347. The van der Waals surface area contributed by atoms with Crippen molar-refractivity contribution in [2.45, 2.75) is 52.7 Å². The molecule has 0 aliphatic carbocycles. The minimum Gasteiger partial charge on any atom is -0.389 e. The summed E-state index contributed by atoms with van der Waals surface area (Å²) in [7, 11) is 0. The molecule has 0 fully saturated rings. The van der Waals surface area contributed by atoms with Gasteiger partial charge in [0.2, 0.25) is 0 Å². The van der Waals surface area contributed by atoms with Gasteiger partial charge in [-0.1, -0.05) is 20.8 Å². The Morgan fingerprint density at radius 1 is 1.47 bits per heavy atom. The van der Waals surface area contributed by atoms with Gasteiger partial charge < -0.3 is 10.4 Å². The Hall–Kier alpha value is -0.450. The van der Waals surface area contributed by atoms with Gasteiger partial charge in [0, 0.05) is 17.6 Å². The molecule has 98 valence electrons. The first-order chi connectivity index (χ1) is 7.86. The maximum atomic E-state index is 10.2. The first-order valence-electron chi connectivity index (χ1n) is 6.27. The van der Waals surface area contributed by atoms with Crippen molar-refractivity contribution in [1.29, 1.82) is 0 Å². The number of thiazole rings is 1. The fraction of sp³-hybridized carbons (Fsp3) is 0.769. The highest BCUT2D eigenvalue weighted by Gasteiger charge is 2.25. The number of aryl methyl sites for hydroxylation is 1. The van der Waals surface area contributed by atoms with Gasteiger partial charge in [-0.3, -0.25) is 0 Å². The van der Waals surface area contributed by atoms with E-state index in [1.165, 1.54) is 4.88 Å². The first-order valence-corrected chi connectivity index (χ1v) is 7.08. The normalized spacial score (nSPS) is 17.1. The van der Waals surface area contributed by atoms with Crippen LogP contribution in [0.5, 0.6) is 0 Å². The summed E-state index contributed by atoms with van der Waals surface area (Å²) in [6.45, 7) is 10.8. The highest BCUT2D eigenvalue weighted by molar-refractivity contribution is 7.11. The van der Waals surface area contributed by atoms with Crippen LogP contribution in [0.15, 0.2) is 6.20 Å². The Kier molecular flexibility index (Phi) is 5.10. The van der Waals surface area contributed by atoms with Crippen molar-refractivity contribution in [2.24, 2.45) is 5.92 Å². The minimum atomic E-state index is -0.668. The molecular formula is C13H24N2OS. The molecule has 0 aromatic carbocycles. The van der Waals surface area contributed by atoms with E-state index in [9.17, 15) is 5.11 Å². The van der Waals surface area contributed by atoms with Gasteiger partial charge in [-0.15, -0.1) is 11.3 Å². The van der Waals surface area contributed by atoms with Crippen LogP contribution in [-0.2, 0) is 6.42 Å². The molecule has 0 aliphatic heterocycles. The summed E-state index contributed by atoms with van der Waals surface area (Å²) in [6.07, 6.45) is 2.98. The lowest BCUT2D eigenvalue weighted by molar-refractivity contribution is 0.0122. The minimum absolute atomic E-state index is 0.200. The van der Waals surface area contributed by atoms with Crippen LogP contribution >= 0.6 is 11.3 Å². The van der Waals surface area contributed by atoms with E-state index in [-0.39, 0.29) is 12.0 Å². The molecular weight excluding hydrogens is 232 g/mol. The van der Waals surface area contributed by atoms with E-state index in [4.69, 9.17) is 0 Å². The zero-order valence-corrected chi connectivity index (χ0v) is 12.3. The summed E-state index contributed by atoms with van der Waals surface area (Å²) in [5.41, 5.74) is -0.668. The monoisotopic (exact) mass is 256 g/mol. The third-order valence-corrected chi connectivity index (χ3v) is 4.62. The van der Waals surface area contributed by atoms with Crippen molar-refractivity contribution in [2.75, 3.05) is 6.54 Å². The molecule has 1 aromatic heterocycles. The van der Waals surface area contributed by atoms with Crippen LogP contribution in [0.3, 0.4) is 0 Å². The number of aromatic nitrogens is 1. The lowest BCUT2D eigenvalue weighted by Crippen LogP contribution is -2.42. The van der Waals surface area contributed by atoms with Crippen molar-refractivity contribution >= 4 is 11.3 Å². The van der Waals surface area contributed by atoms with Crippen molar-refractivity contribution < 1.29 is 5.11 Å². The van der Waals surface area contributed by atoms with Crippen LogP contribution in [0, 0.1) is 5.92 Å². The molecule has 17 heavy (non-hydrogen) atoms. The third kappa shape index (κ3) is 4.05. The van der Waals surface area contributed by atoms with Crippen LogP contribution in [0.2, 0.25) is 0 Å². The Morgan fingerprint density at radius 2 is 2.12 bits per heavy atom. The van der Waals surface area contributed by atoms with Crippen LogP contribution in [0.1, 0.15) is 50.5 Å². The number of nitrogens with one attached hydrogen (secondary N) is 1. The zero-order chi connectivity index (χ0) is 13.1. The zero-order valence-electron chi connectivity index (χ0n) is 11.4. The Labute approximate surface area is 108 Å². The maximum absolute atomic E-state index is 10.2. The fourth-order valence-corrected chi connectivity index (χ4v) is 2.22. The molecule has 1 heterocycles. The Balaban J connectivity index is 2.52. The molecule has 0 spiro atoms. The van der Waals surface area contributed by atoms with E-state index in [2.05, 4.69) is 24.1 Å². The molecule has 2 atom stereocenters. The molecule has 3 nitrogen and oxygen atoms in total. The van der Waals surface area contributed by atoms with Gasteiger partial charge in [0.15, 0.2) is 0 Å². The molecule has 0 aliphatic rings.